The first-order valence-electron chi connectivity index (χ1n) is 7.98. The van der Waals surface area contributed by atoms with E-state index in [0.29, 0.717) is 22.2 Å². The average Bonchev–Trinajstić information content (AvgIpc) is 2.54. The van der Waals surface area contributed by atoms with E-state index in [9.17, 15) is 4.79 Å². The number of aryl methyl sites for hydroxylation is 1. The molecule has 3 heteroatoms. The van der Waals surface area contributed by atoms with Crippen molar-refractivity contribution in [3.05, 3.63) is 64.1 Å². The number of halogens is 1. The lowest BCUT2D eigenvalue weighted by Crippen LogP contribution is -1.99. The summed E-state index contributed by atoms with van der Waals surface area (Å²) in [5, 5.41) is 0. The van der Waals surface area contributed by atoms with Gasteiger partial charge in [0, 0.05) is 5.56 Å². The Balaban J connectivity index is 1.83. The summed E-state index contributed by atoms with van der Waals surface area (Å²) in [5.41, 5.74) is 1.79. The first-order valence-corrected chi connectivity index (χ1v) is 7.77. The summed E-state index contributed by atoms with van der Waals surface area (Å²) in [4.78, 5) is 10.7. The molecule has 2 rings (SSSR count). The Morgan fingerprint density at radius 3 is 2.62 bits per heavy atom. The number of benzene rings is 2. The van der Waals surface area contributed by atoms with E-state index in [1.807, 2.05) is 18.2 Å². The average molecular weight is 349 g/mol. The summed E-state index contributed by atoms with van der Waals surface area (Å²) >= 11 is 3.30. The van der Waals surface area contributed by atoms with Crippen LogP contribution in [0.3, 0.4) is 0 Å². The number of unbranched alkanes of at least 4 members (excludes halogenated alkanes) is 1. The zero-order valence-corrected chi connectivity index (χ0v) is 13.3. The zero-order valence-electron chi connectivity index (χ0n) is 13.7. The van der Waals surface area contributed by atoms with Crippen molar-refractivity contribution >= 4 is 22.2 Å². The van der Waals surface area contributed by atoms with Gasteiger partial charge in [0.1, 0.15) is 12.0 Å². The highest BCUT2D eigenvalue weighted by molar-refractivity contribution is 9.10. The van der Waals surface area contributed by atoms with Gasteiger partial charge in [-0.3, -0.25) is 4.79 Å². The van der Waals surface area contributed by atoms with Gasteiger partial charge in [-0.2, -0.15) is 0 Å². The number of hydrogen-bond acceptors (Lipinski definition) is 2. The Hall–Kier alpha value is -1.61. The van der Waals surface area contributed by atoms with Gasteiger partial charge in [-0.05, 0) is 65.4 Å². The quantitative estimate of drug-likeness (QED) is 0.492. The van der Waals surface area contributed by atoms with E-state index in [2.05, 4.69) is 28.1 Å². The van der Waals surface area contributed by atoms with Gasteiger partial charge in [-0.1, -0.05) is 30.3 Å². The molecule has 0 aliphatic carbocycles. The topological polar surface area (TPSA) is 26.3 Å². The fourth-order valence-corrected chi connectivity index (χ4v) is 2.45. The minimum absolute atomic E-state index is 0.321. The fourth-order valence-electron chi connectivity index (χ4n) is 1.97. The zero-order chi connectivity index (χ0) is 16.7. The second-order valence-corrected chi connectivity index (χ2v) is 5.60. The van der Waals surface area contributed by atoms with Crippen LogP contribution in [0.15, 0.2) is 53.0 Å². The molecule has 110 valence electrons. The molecule has 0 aromatic heterocycles. The molecule has 0 amide bonds. The van der Waals surface area contributed by atoms with E-state index in [1.54, 1.807) is 18.2 Å². The normalized spacial score (nSPS) is 12.4. The Labute approximate surface area is 137 Å². The second kappa shape index (κ2) is 8.63. The molecule has 0 aliphatic rings. The van der Waals surface area contributed by atoms with Crippen molar-refractivity contribution in [2.24, 2.45) is 0 Å². The molecule has 0 aliphatic heterocycles. The molecule has 0 radical (unpaired) electrons. The van der Waals surface area contributed by atoms with Crippen LogP contribution in [0, 0.1) is 0 Å². The molecule has 2 aromatic rings. The minimum atomic E-state index is -1.73. The van der Waals surface area contributed by atoms with Crippen LogP contribution in [0.25, 0.3) is 0 Å². The van der Waals surface area contributed by atoms with E-state index in [-0.39, 0.29) is 0 Å². The van der Waals surface area contributed by atoms with E-state index in [4.69, 9.17) is 7.48 Å². The van der Waals surface area contributed by atoms with Crippen LogP contribution in [-0.2, 0) is 6.42 Å². The van der Waals surface area contributed by atoms with Crippen LogP contribution in [0.5, 0.6) is 5.75 Å². The van der Waals surface area contributed by atoms with Gasteiger partial charge in [-0.15, -0.1) is 0 Å². The van der Waals surface area contributed by atoms with Crippen LogP contribution in [0.4, 0.5) is 0 Å². The lowest BCUT2D eigenvalue weighted by Gasteiger charge is -2.08. The molecule has 2 nitrogen and oxygen atoms in total. The second-order valence-electron chi connectivity index (χ2n) is 4.75. The summed E-state index contributed by atoms with van der Waals surface area (Å²) in [5.74, 6) is 0.406. The number of aldehydes is 1. The van der Waals surface area contributed by atoms with Gasteiger partial charge in [-0.25, -0.2) is 0 Å². The maximum atomic E-state index is 10.7. The Morgan fingerprint density at radius 2 is 1.90 bits per heavy atom. The molecule has 0 spiro atoms. The predicted octanol–water partition coefficient (Wildman–Crippen LogP) is 5.05. The lowest BCUT2D eigenvalue weighted by molar-refractivity contribution is 0.112. The van der Waals surface area contributed by atoms with Gasteiger partial charge >= 0.3 is 0 Å². The Morgan fingerprint density at radius 1 is 1.10 bits per heavy atom. The van der Waals surface area contributed by atoms with E-state index in [1.165, 1.54) is 5.56 Å². The van der Waals surface area contributed by atoms with Gasteiger partial charge in [0.2, 0.25) is 0 Å². The molecule has 0 atom stereocenters. The van der Waals surface area contributed by atoms with Crippen LogP contribution in [-0.4, -0.2) is 12.8 Å². The van der Waals surface area contributed by atoms with Crippen molar-refractivity contribution in [2.45, 2.75) is 25.7 Å². The lowest BCUT2D eigenvalue weighted by atomic mass is 10.1. The van der Waals surface area contributed by atoms with Crippen molar-refractivity contribution in [3.8, 4) is 5.75 Å². The van der Waals surface area contributed by atoms with Crippen LogP contribution in [0.2, 0.25) is 0 Å². The van der Waals surface area contributed by atoms with Gasteiger partial charge in [0.25, 0.3) is 0 Å². The monoisotopic (exact) mass is 348 g/mol. The van der Waals surface area contributed by atoms with Crippen molar-refractivity contribution in [1.29, 1.82) is 0 Å². The number of hydrogen-bond donors (Lipinski definition) is 0. The molecule has 0 fully saturated rings. The molecule has 21 heavy (non-hydrogen) atoms. The first kappa shape index (κ1) is 13.1. The Bertz CT molecular complexity index is 645. The first-order chi connectivity index (χ1) is 11.0. The van der Waals surface area contributed by atoms with Gasteiger partial charge < -0.3 is 4.74 Å². The van der Waals surface area contributed by atoms with E-state index in [0.717, 1.165) is 25.5 Å². The smallest absolute Gasteiger partial charge is 0.150 e. The summed E-state index contributed by atoms with van der Waals surface area (Å²) in [6.07, 6.45) is 3.66. The number of ether oxygens (including phenoxy) is 1. The molecular formula is C18H19BrO2. The molecular weight excluding hydrogens is 328 g/mol. The number of carbonyl (C=O) groups excluding carboxylic acids is 1. The third-order valence-electron chi connectivity index (χ3n) is 3.11. The molecule has 0 N–H and O–H groups in total. The third kappa shape index (κ3) is 5.35. The maximum absolute atomic E-state index is 10.7. The SMILES string of the molecule is [2H]C([2H])(CCCCc1ccccc1)Oc1ccc(C=O)cc1Br. The Kier molecular flexibility index (Phi) is 5.37. The highest BCUT2D eigenvalue weighted by Gasteiger charge is 2.02. The highest BCUT2D eigenvalue weighted by Crippen LogP contribution is 2.25. The molecule has 0 heterocycles. The van der Waals surface area contributed by atoms with Crippen LogP contribution >= 0.6 is 15.9 Å². The summed E-state index contributed by atoms with van der Waals surface area (Å²) in [6.45, 7) is -1.73. The van der Waals surface area contributed by atoms with E-state index >= 15 is 0 Å². The van der Waals surface area contributed by atoms with Crippen molar-refractivity contribution in [3.63, 3.8) is 0 Å². The van der Waals surface area contributed by atoms with Gasteiger partial charge in [0.15, 0.2) is 0 Å². The standard InChI is InChI=1S/C18H19BrO2/c19-17-13-16(14-20)10-11-18(17)21-12-6-2-5-9-15-7-3-1-4-8-15/h1,3-4,7-8,10-11,13-14H,2,5-6,9,12H2/i12D2. The third-order valence-corrected chi connectivity index (χ3v) is 3.73. The van der Waals surface area contributed by atoms with Crippen LogP contribution < -0.4 is 4.74 Å². The summed E-state index contributed by atoms with van der Waals surface area (Å²) in [7, 11) is 0. The molecule has 0 saturated heterocycles. The summed E-state index contributed by atoms with van der Waals surface area (Å²) < 4.78 is 22.0. The summed E-state index contributed by atoms with van der Waals surface area (Å²) in [6, 6.07) is 15.0. The van der Waals surface area contributed by atoms with Crippen molar-refractivity contribution in [1.82, 2.24) is 0 Å². The molecule has 0 saturated carbocycles. The molecule has 0 unspecified atom stereocenters. The number of carbonyl (C=O) groups is 1. The van der Waals surface area contributed by atoms with Gasteiger partial charge in [0.05, 0.1) is 13.8 Å². The molecule has 2 aromatic carbocycles. The fraction of sp³-hybridized carbons (Fsp3) is 0.278. The van der Waals surface area contributed by atoms with Crippen LogP contribution in [0.1, 0.15) is 37.9 Å². The number of rotatable bonds is 8. The van der Waals surface area contributed by atoms with Crippen molar-refractivity contribution < 1.29 is 12.3 Å². The van der Waals surface area contributed by atoms with E-state index < -0.39 is 6.56 Å². The largest absolute Gasteiger partial charge is 0.492 e. The predicted molar refractivity (Wildman–Crippen MR) is 89.0 cm³/mol. The van der Waals surface area contributed by atoms with Crippen molar-refractivity contribution in [2.75, 3.05) is 6.56 Å². The maximum Gasteiger partial charge on any atom is 0.150 e. The highest BCUT2D eigenvalue weighted by atomic mass is 79.9. The molecule has 0 bridgehead atoms. The minimum Gasteiger partial charge on any atom is -0.492 e.